The third-order valence-electron chi connectivity index (χ3n) is 4.88. The number of benzene rings is 2. The van der Waals surface area contributed by atoms with E-state index in [0.29, 0.717) is 5.06 Å². The summed E-state index contributed by atoms with van der Waals surface area (Å²) >= 11 is 0. The van der Waals surface area contributed by atoms with Crippen LogP contribution >= 0.6 is 0 Å². The number of urea groups is 1. The third kappa shape index (κ3) is 4.98. The number of hydrogen-bond acceptors (Lipinski definition) is 3. The van der Waals surface area contributed by atoms with Crippen molar-refractivity contribution >= 4 is 18.0 Å². The van der Waals surface area contributed by atoms with E-state index in [1.165, 1.54) is 5.56 Å². The minimum absolute atomic E-state index is 0.0144. The lowest BCUT2D eigenvalue weighted by molar-refractivity contribution is -0.0286. The Balaban J connectivity index is 1.57. The van der Waals surface area contributed by atoms with Crippen molar-refractivity contribution in [3.8, 4) is 0 Å². The van der Waals surface area contributed by atoms with Crippen molar-refractivity contribution in [2.75, 3.05) is 19.6 Å². The lowest BCUT2D eigenvalue weighted by atomic mass is 9.96. The first-order valence-electron chi connectivity index (χ1n) is 9.43. The molecule has 6 heteroatoms. The summed E-state index contributed by atoms with van der Waals surface area (Å²) in [5, 5.41) is 9.70. The van der Waals surface area contributed by atoms with E-state index < -0.39 is 6.03 Å². The van der Waals surface area contributed by atoms with Gasteiger partial charge in [-0.15, -0.1) is 0 Å². The molecule has 0 unspecified atom stereocenters. The largest absolute Gasteiger partial charge is 0.350 e. The molecule has 3 amide bonds. The molecule has 0 saturated carbocycles. The molecule has 0 saturated heterocycles. The molecule has 146 valence electrons. The molecule has 6 nitrogen and oxygen atoms in total. The number of hydroxylamine groups is 2. The number of amides is 3. The van der Waals surface area contributed by atoms with Crippen LogP contribution in [0, 0.1) is 0 Å². The highest BCUT2D eigenvalue weighted by atomic mass is 16.5. The topological polar surface area (TPSA) is 86.9 Å². The molecule has 3 rings (SSSR count). The Hall–Kier alpha value is -3.12. The number of nitrogens with two attached hydrogens (primary N) is 1. The van der Waals surface area contributed by atoms with Crippen LogP contribution in [0.15, 0.2) is 54.6 Å². The van der Waals surface area contributed by atoms with Gasteiger partial charge in [-0.3, -0.25) is 10.0 Å². The van der Waals surface area contributed by atoms with Crippen molar-refractivity contribution in [3.63, 3.8) is 0 Å². The van der Waals surface area contributed by atoms with Crippen molar-refractivity contribution in [2.24, 2.45) is 5.73 Å². The van der Waals surface area contributed by atoms with Crippen LogP contribution in [0.1, 0.15) is 33.5 Å². The Bertz CT molecular complexity index is 865. The third-order valence-corrected chi connectivity index (χ3v) is 4.88. The number of hydrogen-bond donors (Lipinski definition) is 2. The van der Waals surface area contributed by atoms with Crippen LogP contribution in [-0.4, -0.2) is 46.7 Å². The second-order valence-corrected chi connectivity index (χ2v) is 6.87. The van der Waals surface area contributed by atoms with E-state index >= 15 is 0 Å². The molecule has 1 aliphatic rings. The van der Waals surface area contributed by atoms with Crippen molar-refractivity contribution in [1.29, 1.82) is 0 Å². The van der Waals surface area contributed by atoms with Crippen molar-refractivity contribution in [1.82, 2.24) is 9.96 Å². The van der Waals surface area contributed by atoms with Gasteiger partial charge in [-0.25, -0.2) is 9.86 Å². The van der Waals surface area contributed by atoms with Crippen LogP contribution in [0.4, 0.5) is 4.79 Å². The summed E-state index contributed by atoms with van der Waals surface area (Å²) in [6, 6.07) is 15.1. The highest BCUT2D eigenvalue weighted by molar-refractivity contribution is 5.97. The molecule has 0 fully saturated rings. The smallest absolute Gasteiger partial charge is 0.338 e. The Kier molecular flexibility index (Phi) is 6.45. The number of rotatable bonds is 7. The van der Waals surface area contributed by atoms with E-state index in [9.17, 15) is 14.8 Å². The van der Waals surface area contributed by atoms with Crippen LogP contribution in [0.25, 0.3) is 6.08 Å². The first-order chi connectivity index (χ1) is 13.5. The van der Waals surface area contributed by atoms with E-state index in [0.717, 1.165) is 49.0 Å². The number of carbonyl (C=O) groups excluding carboxylic acids is 2. The Morgan fingerprint density at radius 2 is 2.00 bits per heavy atom. The van der Waals surface area contributed by atoms with E-state index in [1.54, 1.807) is 12.2 Å². The van der Waals surface area contributed by atoms with Crippen LogP contribution in [0.5, 0.6) is 0 Å². The normalized spacial score (nSPS) is 13.6. The van der Waals surface area contributed by atoms with Gasteiger partial charge in [0, 0.05) is 18.7 Å². The lowest BCUT2D eigenvalue weighted by Gasteiger charge is -2.29. The van der Waals surface area contributed by atoms with E-state index in [1.807, 2.05) is 41.3 Å². The molecule has 2 aromatic rings. The maximum absolute atomic E-state index is 12.8. The molecule has 2 aromatic carbocycles. The molecule has 1 aliphatic heterocycles. The monoisotopic (exact) mass is 379 g/mol. The van der Waals surface area contributed by atoms with Gasteiger partial charge in [0.1, 0.15) is 0 Å². The molecule has 0 bridgehead atoms. The Labute approximate surface area is 164 Å². The summed E-state index contributed by atoms with van der Waals surface area (Å²) < 4.78 is 0. The number of nitrogens with zero attached hydrogens (tertiary/aromatic N) is 2. The van der Waals surface area contributed by atoms with Gasteiger partial charge in [-0.05, 0) is 42.0 Å². The molecular formula is C22H25N3O3. The fourth-order valence-electron chi connectivity index (χ4n) is 3.37. The fraction of sp³-hybridized carbons (Fsp3) is 0.273. The molecule has 0 aliphatic carbocycles. The van der Waals surface area contributed by atoms with Gasteiger partial charge >= 0.3 is 6.03 Å². The van der Waals surface area contributed by atoms with Crippen molar-refractivity contribution in [3.05, 3.63) is 76.9 Å². The molecular weight excluding hydrogens is 354 g/mol. The average Bonchev–Trinajstić information content (AvgIpc) is 2.70. The summed E-state index contributed by atoms with van der Waals surface area (Å²) in [7, 11) is 0. The van der Waals surface area contributed by atoms with Gasteiger partial charge in [0.15, 0.2) is 0 Å². The first-order valence-corrected chi connectivity index (χ1v) is 9.43. The highest BCUT2D eigenvalue weighted by Crippen LogP contribution is 2.21. The average molecular weight is 379 g/mol. The van der Waals surface area contributed by atoms with Gasteiger partial charge < -0.3 is 10.6 Å². The number of carbonyl (C=O) groups is 2. The van der Waals surface area contributed by atoms with Gasteiger partial charge in [0.2, 0.25) is 0 Å². The summed E-state index contributed by atoms with van der Waals surface area (Å²) in [4.78, 5) is 25.5. The molecule has 0 radical (unpaired) electrons. The summed E-state index contributed by atoms with van der Waals surface area (Å²) in [6.07, 6.45) is 6.18. The molecule has 3 N–H and O–H groups in total. The second kappa shape index (κ2) is 9.19. The highest BCUT2D eigenvalue weighted by Gasteiger charge is 2.23. The number of primary amides is 1. The molecule has 1 heterocycles. The summed E-state index contributed by atoms with van der Waals surface area (Å²) in [5.41, 5.74) is 8.96. The lowest BCUT2D eigenvalue weighted by Crippen LogP contribution is -2.38. The standard InChI is InChI=1S/C22H25N3O3/c23-22(27)25(28)14-5-9-18-10-11-20-19(16-18)12-15-24(21(20)26)13-4-8-17-6-2-1-3-7-17/h1-3,5-7,9-11,16,28H,4,8,12-15H2,(H2,23,27). The van der Waals surface area contributed by atoms with Gasteiger partial charge in [-0.1, -0.05) is 54.6 Å². The molecule has 0 aromatic heterocycles. The SMILES string of the molecule is NC(=O)N(O)CC=Cc1ccc2c(c1)CCN(CCCc1ccccc1)C2=O. The van der Waals surface area contributed by atoms with E-state index in [2.05, 4.69) is 12.1 Å². The zero-order chi connectivity index (χ0) is 19.9. The van der Waals surface area contributed by atoms with Crippen molar-refractivity contribution < 1.29 is 14.8 Å². The fourth-order valence-corrected chi connectivity index (χ4v) is 3.37. The number of fused-ring (bicyclic) bond motifs is 1. The van der Waals surface area contributed by atoms with Gasteiger partial charge in [0.25, 0.3) is 5.91 Å². The van der Waals surface area contributed by atoms with E-state index in [-0.39, 0.29) is 12.5 Å². The van der Waals surface area contributed by atoms with Crippen LogP contribution in [0.3, 0.4) is 0 Å². The number of aryl methyl sites for hydroxylation is 1. The Morgan fingerprint density at radius 1 is 1.21 bits per heavy atom. The maximum atomic E-state index is 12.8. The summed E-state index contributed by atoms with van der Waals surface area (Å²) in [6.45, 7) is 1.49. The molecule has 0 spiro atoms. The zero-order valence-electron chi connectivity index (χ0n) is 15.8. The molecule has 0 atom stereocenters. The Morgan fingerprint density at radius 3 is 2.75 bits per heavy atom. The molecule has 28 heavy (non-hydrogen) atoms. The van der Waals surface area contributed by atoms with Gasteiger partial charge in [0.05, 0.1) is 6.54 Å². The minimum Gasteiger partial charge on any atom is -0.350 e. The first kappa shape index (κ1) is 19.6. The van der Waals surface area contributed by atoms with Crippen LogP contribution in [0.2, 0.25) is 0 Å². The second-order valence-electron chi connectivity index (χ2n) is 6.87. The van der Waals surface area contributed by atoms with Crippen LogP contribution < -0.4 is 5.73 Å². The van der Waals surface area contributed by atoms with E-state index in [4.69, 9.17) is 5.73 Å². The quantitative estimate of drug-likeness (QED) is 0.572. The van der Waals surface area contributed by atoms with Crippen molar-refractivity contribution in [2.45, 2.75) is 19.3 Å². The van der Waals surface area contributed by atoms with Crippen LogP contribution in [-0.2, 0) is 12.8 Å². The summed E-state index contributed by atoms with van der Waals surface area (Å²) in [5.74, 6) is 0.0834. The predicted octanol–water partition coefficient (Wildman–Crippen LogP) is 3.10. The van der Waals surface area contributed by atoms with Gasteiger partial charge in [-0.2, -0.15) is 0 Å². The minimum atomic E-state index is -0.895. The maximum Gasteiger partial charge on any atom is 0.338 e. The zero-order valence-corrected chi connectivity index (χ0v) is 15.8. The predicted molar refractivity (Wildman–Crippen MR) is 108 cm³/mol.